The Morgan fingerprint density at radius 1 is 1.32 bits per heavy atom. The van der Waals surface area contributed by atoms with Gasteiger partial charge in [-0.25, -0.2) is 0 Å². The summed E-state index contributed by atoms with van der Waals surface area (Å²) in [5.74, 6) is 1.54. The predicted molar refractivity (Wildman–Crippen MR) is 87.6 cm³/mol. The van der Waals surface area contributed by atoms with E-state index in [0.29, 0.717) is 39.0 Å². The minimum atomic E-state index is 0.445. The van der Waals surface area contributed by atoms with E-state index in [4.69, 9.17) is 19.0 Å². The topological polar surface area (TPSA) is 49.3 Å². The average Bonchev–Trinajstić information content (AvgIpc) is 2.54. The maximum atomic E-state index is 5.60. The summed E-state index contributed by atoms with van der Waals surface area (Å²) in [5.41, 5.74) is 0.841. The van der Waals surface area contributed by atoms with Crippen LogP contribution in [0.5, 0.6) is 0 Å². The molecule has 1 aliphatic rings. The molecular weight excluding hydrogens is 282 g/mol. The van der Waals surface area contributed by atoms with Gasteiger partial charge in [0.25, 0.3) is 0 Å². The third-order valence-electron chi connectivity index (χ3n) is 3.08. The Kier molecular flexibility index (Phi) is 10.1. The highest BCUT2D eigenvalue weighted by Gasteiger charge is 2.03. The number of hydrogen-bond donors (Lipinski definition) is 0. The van der Waals surface area contributed by atoms with Crippen molar-refractivity contribution in [1.82, 2.24) is 0 Å². The highest BCUT2D eigenvalue weighted by atomic mass is 16.6. The minimum Gasteiger partial charge on any atom is -0.492 e. The second-order valence-corrected chi connectivity index (χ2v) is 4.98. The van der Waals surface area contributed by atoms with Gasteiger partial charge >= 0.3 is 0 Å². The number of hydrogen-bond acceptors (Lipinski definition) is 5. The third kappa shape index (κ3) is 8.64. The van der Waals surface area contributed by atoms with Crippen LogP contribution in [-0.2, 0) is 19.0 Å². The molecule has 0 aromatic heterocycles. The summed E-state index contributed by atoms with van der Waals surface area (Å²) in [6, 6.07) is 0. The van der Waals surface area contributed by atoms with Crippen molar-refractivity contribution in [1.29, 1.82) is 0 Å². The molecule has 0 aromatic carbocycles. The zero-order chi connectivity index (χ0) is 16.0. The fourth-order valence-electron chi connectivity index (χ4n) is 1.75. The van der Waals surface area contributed by atoms with Crippen LogP contribution >= 0.6 is 0 Å². The van der Waals surface area contributed by atoms with Crippen LogP contribution in [0.15, 0.2) is 42.0 Å². The summed E-state index contributed by atoms with van der Waals surface area (Å²) in [5, 5.41) is 3.87. The van der Waals surface area contributed by atoms with Crippen LogP contribution in [0.1, 0.15) is 26.7 Å². The molecule has 1 rings (SSSR count). The van der Waals surface area contributed by atoms with Crippen molar-refractivity contribution in [2.24, 2.45) is 11.1 Å². The molecule has 0 saturated heterocycles. The first-order valence-corrected chi connectivity index (χ1v) is 7.75. The van der Waals surface area contributed by atoms with Gasteiger partial charge in [-0.15, -0.1) is 0 Å². The first-order valence-electron chi connectivity index (χ1n) is 7.75. The summed E-state index contributed by atoms with van der Waals surface area (Å²) in [6.45, 7) is 10.2. The molecule has 0 saturated carbocycles. The van der Waals surface area contributed by atoms with Gasteiger partial charge in [-0.05, 0) is 30.9 Å². The molecule has 0 bridgehead atoms. The van der Waals surface area contributed by atoms with E-state index in [1.165, 1.54) is 6.26 Å². The second-order valence-electron chi connectivity index (χ2n) is 4.98. The van der Waals surface area contributed by atoms with E-state index >= 15 is 0 Å². The summed E-state index contributed by atoms with van der Waals surface area (Å²) >= 11 is 0. The lowest BCUT2D eigenvalue weighted by Crippen LogP contribution is -2.13. The Morgan fingerprint density at radius 2 is 2.09 bits per heavy atom. The van der Waals surface area contributed by atoms with Crippen molar-refractivity contribution in [3.05, 3.63) is 36.8 Å². The number of allylic oxidation sites excluding steroid dienone is 3. The maximum absolute atomic E-state index is 5.60. The van der Waals surface area contributed by atoms with Crippen LogP contribution in [0.3, 0.4) is 0 Å². The maximum Gasteiger partial charge on any atom is 0.115 e. The molecule has 5 heteroatoms. The molecule has 22 heavy (non-hydrogen) atoms. The van der Waals surface area contributed by atoms with E-state index in [9.17, 15) is 0 Å². The van der Waals surface area contributed by atoms with Gasteiger partial charge < -0.3 is 19.0 Å². The molecule has 0 fully saturated rings. The van der Waals surface area contributed by atoms with E-state index in [2.05, 4.69) is 30.8 Å². The second kappa shape index (κ2) is 12.0. The molecule has 0 amide bonds. The van der Waals surface area contributed by atoms with Crippen LogP contribution in [0.2, 0.25) is 0 Å². The standard InChI is InChI=1S/C17H27NO4/c1-4-16(18-22-5-2)14-20-11-10-19-12-13-21-17-8-6-15(3)7-9-17/h5-6,8-9,15H,2,4,7,10-14H2,1,3H3/b18-16+. The van der Waals surface area contributed by atoms with Gasteiger partial charge in [0.05, 0.1) is 32.1 Å². The van der Waals surface area contributed by atoms with E-state index in [-0.39, 0.29) is 0 Å². The summed E-state index contributed by atoms with van der Waals surface area (Å²) in [6.07, 6.45) is 9.41. The smallest absolute Gasteiger partial charge is 0.115 e. The molecule has 124 valence electrons. The molecule has 0 radical (unpaired) electrons. The van der Waals surface area contributed by atoms with Gasteiger partial charge in [-0.3, -0.25) is 0 Å². The Balaban J connectivity index is 1.95. The largest absolute Gasteiger partial charge is 0.492 e. The molecule has 0 heterocycles. The highest BCUT2D eigenvalue weighted by Crippen LogP contribution is 2.15. The number of oxime groups is 1. The molecule has 1 unspecified atom stereocenters. The molecule has 1 atom stereocenters. The highest BCUT2D eigenvalue weighted by molar-refractivity contribution is 5.84. The number of nitrogens with zero attached hydrogens (tertiary/aromatic N) is 1. The van der Waals surface area contributed by atoms with Crippen molar-refractivity contribution >= 4 is 5.71 Å². The molecule has 0 spiro atoms. The van der Waals surface area contributed by atoms with Crippen molar-refractivity contribution in [3.63, 3.8) is 0 Å². The molecule has 0 aromatic rings. The molecular formula is C17H27NO4. The van der Waals surface area contributed by atoms with E-state index in [0.717, 1.165) is 24.3 Å². The van der Waals surface area contributed by atoms with E-state index in [1.807, 2.05) is 13.0 Å². The Bertz CT molecular complexity index is 401. The molecule has 5 nitrogen and oxygen atoms in total. The predicted octanol–water partition coefficient (Wildman–Crippen LogP) is 3.44. The molecule has 0 N–H and O–H groups in total. The van der Waals surface area contributed by atoms with Gasteiger partial charge in [0.1, 0.15) is 18.6 Å². The minimum absolute atomic E-state index is 0.445. The third-order valence-corrected chi connectivity index (χ3v) is 3.08. The molecule has 1 aliphatic carbocycles. The zero-order valence-electron chi connectivity index (χ0n) is 13.6. The van der Waals surface area contributed by atoms with Gasteiger partial charge in [-0.2, -0.15) is 0 Å². The first-order chi connectivity index (χ1) is 10.8. The van der Waals surface area contributed by atoms with Gasteiger partial charge in [0, 0.05) is 0 Å². The monoisotopic (exact) mass is 309 g/mol. The fourth-order valence-corrected chi connectivity index (χ4v) is 1.75. The average molecular weight is 309 g/mol. The van der Waals surface area contributed by atoms with Crippen LogP contribution in [0, 0.1) is 5.92 Å². The summed E-state index contributed by atoms with van der Waals surface area (Å²) in [4.78, 5) is 4.77. The molecule has 0 aliphatic heterocycles. The summed E-state index contributed by atoms with van der Waals surface area (Å²) < 4.78 is 16.5. The van der Waals surface area contributed by atoms with Crippen LogP contribution in [0.25, 0.3) is 0 Å². The normalized spacial score (nSPS) is 18.0. The van der Waals surface area contributed by atoms with Gasteiger partial charge in [0.15, 0.2) is 0 Å². The van der Waals surface area contributed by atoms with E-state index in [1.54, 1.807) is 0 Å². The SMILES string of the molecule is C=CO/N=C(\CC)COCCOCCOC1=CCC(C)C=C1. The van der Waals surface area contributed by atoms with Crippen molar-refractivity contribution in [3.8, 4) is 0 Å². The lowest BCUT2D eigenvalue weighted by molar-refractivity contribution is 0.0367. The zero-order valence-corrected chi connectivity index (χ0v) is 13.6. The number of rotatable bonds is 12. The van der Waals surface area contributed by atoms with Crippen molar-refractivity contribution in [2.75, 3.05) is 33.0 Å². The van der Waals surface area contributed by atoms with Crippen molar-refractivity contribution < 1.29 is 19.0 Å². The Labute approximate surface area is 133 Å². The summed E-state index contributed by atoms with van der Waals surface area (Å²) in [7, 11) is 0. The van der Waals surface area contributed by atoms with Crippen LogP contribution < -0.4 is 0 Å². The fraction of sp³-hybridized carbons (Fsp3) is 0.588. The number of ether oxygens (including phenoxy) is 3. The Hall–Kier alpha value is -1.59. The van der Waals surface area contributed by atoms with Crippen molar-refractivity contribution in [2.45, 2.75) is 26.7 Å². The first kappa shape index (κ1) is 18.5. The van der Waals surface area contributed by atoms with Gasteiger partial charge in [-0.1, -0.05) is 31.7 Å². The lowest BCUT2D eigenvalue weighted by atomic mass is 10.0. The van der Waals surface area contributed by atoms with Gasteiger partial charge in [0.2, 0.25) is 0 Å². The Morgan fingerprint density at radius 3 is 2.77 bits per heavy atom. The lowest BCUT2D eigenvalue weighted by Gasteiger charge is -2.13. The quantitative estimate of drug-likeness (QED) is 0.240. The van der Waals surface area contributed by atoms with Crippen LogP contribution in [-0.4, -0.2) is 38.7 Å². The van der Waals surface area contributed by atoms with Crippen LogP contribution in [0.4, 0.5) is 0 Å². The van der Waals surface area contributed by atoms with E-state index < -0.39 is 0 Å².